The Labute approximate surface area is 193 Å². The molecule has 0 fully saturated rings. The lowest BCUT2D eigenvalue weighted by molar-refractivity contribution is -0.123. The van der Waals surface area contributed by atoms with Crippen LogP contribution in [-0.2, 0) is 22.5 Å². The second kappa shape index (κ2) is 9.58. The molecule has 33 heavy (non-hydrogen) atoms. The smallest absolute Gasteiger partial charge is 0.339 e. The van der Waals surface area contributed by atoms with E-state index >= 15 is 0 Å². The van der Waals surface area contributed by atoms with E-state index in [-0.39, 0.29) is 0 Å². The van der Waals surface area contributed by atoms with Crippen LogP contribution >= 0.6 is 0 Å². The van der Waals surface area contributed by atoms with Gasteiger partial charge in [-0.25, -0.2) is 4.79 Å². The number of methoxy groups -OCH3 is 1. The van der Waals surface area contributed by atoms with Crippen LogP contribution < -0.4 is 10.1 Å². The van der Waals surface area contributed by atoms with Gasteiger partial charge in [0, 0.05) is 42.2 Å². The van der Waals surface area contributed by atoms with Gasteiger partial charge in [0.25, 0.3) is 5.91 Å². The highest BCUT2D eigenvalue weighted by Crippen LogP contribution is 2.30. The van der Waals surface area contributed by atoms with Crippen LogP contribution in [-0.4, -0.2) is 47.6 Å². The predicted octanol–water partition coefficient (Wildman–Crippen LogP) is 4.19. The number of aromatic nitrogens is 1. The van der Waals surface area contributed by atoms with Crippen molar-refractivity contribution in [2.24, 2.45) is 0 Å². The van der Waals surface area contributed by atoms with Crippen LogP contribution in [0.25, 0.3) is 10.9 Å². The van der Waals surface area contributed by atoms with Gasteiger partial charge in [-0.05, 0) is 39.0 Å². The van der Waals surface area contributed by atoms with Crippen LogP contribution in [0.2, 0.25) is 0 Å². The van der Waals surface area contributed by atoms with Crippen molar-refractivity contribution < 1.29 is 19.1 Å². The minimum atomic E-state index is -0.991. The van der Waals surface area contributed by atoms with Crippen molar-refractivity contribution >= 4 is 28.5 Å². The first-order chi connectivity index (χ1) is 15.9. The second-order valence-electron chi connectivity index (χ2n) is 8.48. The maximum absolute atomic E-state index is 13.4. The van der Waals surface area contributed by atoms with Crippen LogP contribution in [0.5, 0.6) is 5.75 Å². The van der Waals surface area contributed by atoms with Gasteiger partial charge in [0.15, 0.2) is 6.10 Å². The summed E-state index contributed by atoms with van der Waals surface area (Å²) >= 11 is 0. The number of pyridine rings is 1. The third-order valence-electron chi connectivity index (χ3n) is 6.03. The van der Waals surface area contributed by atoms with Crippen LogP contribution in [0.1, 0.15) is 42.4 Å². The fourth-order valence-electron chi connectivity index (χ4n) is 4.14. The molecule has 1 N–H and O–H groups in total. The summed E-state index contributed by atoms with van der Waals surface area (Å²) in [7, 11) is 1.53. The quantitative estimate of drug-likeness (QED) is 0.571. The molecule has 7 nitrogen and oxygen atoms in total. The Kier molecular flexibility index (Phi) is 6.60. The molecule has 0 saturated heterocycles. The third-order valence-corrected chi connectivity index (χ3v) is 6.03. The number of fused-ring (bicyclic) bond motifs is 2. The number of ether oxygens (including phenoxy) is 2. The fourth-order valence-corrected chi connectivity index (χ4v) is 4.14. The number of hydrogen-bond acceptors (Lipinski definition) is 6. The molecule has 0 saturated carbocycles. The zero-order valence-electron chi connectivity index (χ0n) is 19.4. The molecule has 3 aromatic rings. The number of rotatable bonds is 6. The van der Waals surface area contributed by atoms with Crippen molar-refractivity contribution in [1.82, 2.24) is 9.88 Å². The van der Waals surface area contributed by atoms with E-state index in [9.17, 15) is 9.59 Å². The molecular formula is C26H29N3O4. The van der Waals surface area contributed by atoms with Crippen molar-refractivity contribution in [2.75, 3.05) is 19.0 Å². The molecule has 1 aliphatic heterocycles. The molecule has 0 radical (unpaired) electrons. The summed E-state index contributed by atoms with van der Waals surface area (Å²) in [6.07, 6.45) is -0.225. The molecule has 4 rings (SSSR count). The van der Waals surface area contributed by atoms with Crippen molar-refractivity contribution in [3.05, 3.63) is 65.4 Å². The number of carbonyl (C=O) groups is 2. The number of nitrogens with one attached hydrogen (secondary N) is 1. The van der Waals surface area contributed by atoms with Crippen molar-refractivity contribution in [3.63, 3.8) is 0 Å². The largest absolute Gasteiger partial charge is 0.495 e. The van der Waals surface area contributed by atoms with E-state index in [2.05, 4.69) is 24.1 Å². The topological polar surface area (TPSA) is 80.8 Å². The minimum Gasteiger partial charge on any atom is -0.495 e. The summed E-state index contributed by atoms with van der Waals surface area (Å²) in [5.74, 6) is -0.408. The molecule has 1 amide bonds. The Balaban J connectivity index is 1.62. The molecule has 7 heteroatoms. The Hall–Kier alpha value is -3.45. The van der Waals surface area contributed by atoms with Crippen LogP contribution in [0.15, 0.2) is 48.5 Å². The number of amides is 1. The fraction of sp³-hybridized carbons (Fsp3) is 0.346. The van der Waals surface area contributed by atoms with Crippen LogP contribution in [0, 0.1) is 0 Å². The van der Waals surface area contributed by atoms with Gasteiger partial charge in [-0.15, -0.1) is 0 Å². The first kappa shape index (κ1) is 22.7. The Bertz CT molecular complexity index is 1190. The third kappa shape index (κ3) is 4.68. The predicted molar refractivity (Wildman–Crippen MR) is 127 cm³/mol. The highest BCUT2D eigenvalue weighted by atomic mass is 16.5. The van der Waals surface area contributed by atoms with E-state index in [1.54, 1.807) is 25.1 Å². The van der Waals surface area contributed by atoms with Gasteiger partial charge >= 0.3 is 5.97 Å². The molecule has 2 aromatic carbocycles. The maximum Gasteiger partial charge on any atom is 0.339 e. The molecule has 1 aliphatic rings. The van der Waals surface area contributed by atoms with Crippen molar-refractivity contribution in [2.45, 2.75) is 45.9 Å². The standard InChI is InChI=1S/C26H29N3O4/c1-16(2)29-14-13-21-19(15-29)24(18-9-5-6-10-20(18)27-21)26(31)33-17(3)25(30)28-22-11-7-8-12-23(22)32-4/h5-12,16-17H,13-15H2,1-4H3,(H,28,30). The lowest BCUT2D eigenvalue weighted by Crippen LogP contribution is -2.37. The van der Waals surface area contributed by atoms with E-state index in [4.69, 9.17) is 14.5 Å². The number of para-hydroxylation sites is 3. The molecule has 1 atom stereocenters. The average molecular weight is 448 g/mol. The lowest BCUT2D eigenvalue weighted by atomic mass is 9.95. The number of esters is 1. The summed E-state index contributed by atoms with van der Waals surface area (Å²) in [6, 6.07) is 15.0. The highest BCUT2D eigenvalue weighted by Gasteiger charge is 2.29. The molecule has 0 aliphatic carbocycles. The maximum atomic E-state index is 13.4. The van der Waals surface area contributed by atoms with Crippen molar-refractivity contribution in [1.29, 1.82) is 0 Å². The summed E-state index contributed by atoms with van der Waals surface area (Å²) in [4.78, 5) is 33.3. The second-order valence-corrected chi connectivity index (χ2v) is 8.48. The Morgan fingerprint density at radius 2 is 1.79 bits per heavy atom. The van der Waals surface area contributed by atoms with E-state index < -0.39 is 18.0 Å². The first-order valence-electron chi connectivity index (χ1n) is 11.2. The normalized spacial score (nSPS) is 14.6. The van der Waals surface area contributed by atoms with Gasteiger partial charge in [-0.3, -0.25) is 14.7 Å². The lowest BCUT2D eigenvalue weighted by Gasteiger charge is -2.32. The zero-order chi connectivity index (χ0) is 23.5. The summed E-state index contributed by atoms with van der Waals surface area (Å²) < 4.78 is 11.0. The molecular weight excluding hydrogens is 418 g/mol. The monoisotopic (exact) mass is 447 g/mol. The Morgan fingerprint density at radius 3 is 2.55 bits per heavy atom. The average Bonchev–Trinajstić information content (AvgIpc) is 2.82. The van der Waals surface area contributed by atoms with Crippen molar-refractivity contribution in [3.8, 4) is 5.75 Å². The van der Waals surface area contributed by atoms with Gasteiger partial charge in [-0.1, -0.05) is 30.3 Å². The number of nitrogens with zero attached hydrogens (tertiary/aromatic N) is 2. The minimum absolute atomic E-state index is 0.346. The summed E-state index contributed by atoms with van der Waals surface area (Å²) in [5.41, 5.74) is 3.58. The summed E-state index contributed by atoms with van der Waals surface area (Å²) in [5, 5.41) is 3.52. The molecule has 1 aromatic heterocycles. The molecule has 172 valence electrons. The molecule has 0 spiro atoms. The van der Waals surface area contributed by atoms with E-state index in [0.717, 1.165) is 35.1 Å². The molecule has 0 bridgehead atoms. The zero-order valence-corrected chi connectivity index (χ0v) is 19.4. The number of hydrogen-bond donors (Lipinski definition) is 1. The Morgan fingerprint density at radius 1 is 1.06 bits per heavy atom. The summed E-state index contributed by atoms with van der Waals surface area (Å²) in [6.45, 7) is 7.36. The van der Waals surface area contributed by atoms with E-state index in [0.29, 0.717) is 29.6 Å². The van der Waals surface area contributed by atoms with Gasteiger partial charge in [0.1, 0.15) is 5.75 Å². The van der Waals surface area contributed by atoms with Gasteiger partial charge in [0.05, 0.1) is 23.9 Å². The SMILES string of the molecule is COc1ccccc1NC(=O)C(C)OC(=O)c1c2c(nc3ccccc13)CCN(C(C)C)C2. The molecule has 1 unspecified atom stereocenters. The number of carbonyl (C=O) groups excluding carboxylic acids is 2. The van der Waals surface area contributed by atoms with Crippen LogP contribution in [0.4, 0.5) is 5.69 Å². The van der Waals surface area contributed by atoms with Gasteiger partial charge < -0.3 is 14.8 Å². The number of anilines is 1. The number of benzene rings is 2. The van der Waals surface area contributed by atoms with Gasteiger partial charge in [-0.2, -0.15) is 0 Å². The van der Waals surface area contributed by atoms with E-state index in [1.165, 1.54) is 7.11 Å². The van der Waals surface area contributed by atoms with Crippen LogP contribution in [0.3, 0.4) is 0 Å². The molecule has 2 heterocycles. The first-order valence-corrected chi connectivity index (χ1v) is 11.2. The van der Waals surface area contributed by atoms with Gasteiger partial charge in [0.2, 0.25) is 0 Å². The van der Waals surface area contributed by atoms with E-state index in [1.807, 2.05) is 30.3 Å². The highest BCUT2D eigenvalue weighted by molar-refractivity contribution is 6.06.